The second-order valence-corrected chi connectivity index (χ2v) is 3.94. The number of alkyl halides is 3. The molecule has 1 N–H and O–H groups in total. The Balaban J connectivity index is 2.30. The van der Waals surface area contributed by atoms with Gasteiger partial charge in [0.1, 0.15) is 0 Å². The molecule has 2 rings (SSSR count). The van der Waals surface area contributed by atoms with Crippen molar-refractivity contribution in [3.63, 3.8) is 0 Å². The van der Waals surface area contributed by atoms with Gasteiger partial charge in [-0.15, -0.1) is 0 Å². The quantitative estimate of drug-likeness (QED) is 0.787. The molecule has 0 aromatic heterocycles. The van der Waals surface area contributed by atoms with E-state index in [4.69, 9.17) is 11.6 Å². The van der Waals surface area contributed by atoms with Gasteiger partial charge in [-0.25, -0.2) is 0 Å². The van der Waals surface area contributed by atoms with Crippen molar-refractivity contribution >= 4 is 11.6 Å². The molecule has 1 aromatic rings. The summed E-state index contributed by atoms with van der Waals surface area (Å²) in [5.41, 5.74) is 0.0477. The van der Waals surface area contributed by atoms with E-state index in [0.29, 0.717) is 0 Å². The number of halogens is 4. The highest BCUT2D eigenvalue weighted by Crippen LogP contribution is 2.36. The summed E-state index contributed by atoms with van der Waals surface area (Å²) in [6, 6.07) is 4.06. The first-order valence-electron chi connectivity index (χ1n) is 4.58. The van der Waals surface area contributed by atoms with Crippen LogP contribution in [-0.2, 0) is 6.18 Å². The van der Waals surface area contributed by atoms with Crippen LogP contribution >= 0.6 is 11.6 Å². The molecule has 1 nitrogen and oxygen atoms in total. The predicted molar refractivity (Wildman–Crippen MR) is 51.8 cm³/mol. The van der Waals surface area contributed by atoms with Gasteiger partial charge in [-0.2, -0.15) is 13.2 Å². The minimum atomic E-state index is -4.37. The average Bonchev–Trinajstić information content (AvgIpc) is 1.97. The molecule has 15 heavy (non-hydrogen) atoms. The van der Waals surface area contributed by atoms with Crippen LogP contribution in [0, 0.1) is 0 Å². The minimum Gasteiger partial charge on any atom is -0.310 e. The molecule has 1 atom stereocenters. The maximum Gasteiger partial charge on any atom is 0.417 e. The summed E-state index contributed by atoms with van der Waals surface area (Å²) in [5, 5.41) is 2.88. The summed E-state index contributed by atoms with van der Waals surface area (Å²) < 4.78 is 37.1. The third-order valence-electron chi connectivity index (χ3n) is 2.52. The number of hydrogen-bond donors (Lipinski definition) is 1. The van der Waals surface area contributed by atoms with E-state index < -0.39 is 11.7 Å². The molecule has 0 unspecified atom stereocenters. The van der Waals surface area contributed by atoms with Crippen LogP contribution in [0.25, 0.3) is 0 Å². The zero-order chi connectivity index (χ0) is 11.1. The van der Waals surface area contributed by atoms with Crippen LogP contribution in [0.5, 0.6) is 0 Å². The van der Waals surface area contributed by atoms with Gasteiger partial charge in [0.25, 0.3) is 0 Å². The van der Waals surface area contributed by atoms with Crippen molar-refractivity contribution in [2.24, 2.45) is 0 Å². The Labute approximate surface area is 90.2 Å². The number of rotatable bonds is 1. The van der Waals surface area contributed by atoms with Crippen molar-refractivity contribution in [3.05, 3.63) is 34.3 Å². The summed E-state index contributed by atoms with van der Waals surface area (Å²) in [6.45, 7) is 0.906. The first kappa shape index (κ1) is 10.8. The van der Waals surface area contributed by atoms with Crippen LogP contribution in [0.2, 0.25) is 5.02 Å². The second kappa shape index (κ2) is 3.68. The van der Waals surface area contributed by atoms with Crippen molar-refractivity contribution < 1.29 is 13.2 Å². The van der Waals surface area contributed by atoms with E-state index in [-0.39, 0.29) is 11.1 Å². The monoisotopic (exact) mass is 235 g/mol. The smallest absolute Gasteiger partial charge is 0.310 e. The first-order valence-corrected chi connectivity index (χ1v) is 4.96. The molecule has 1 aromatic carbocycles. The summed E-state index contributed by atoms with van der Waals surface area (Å²) in [6.07, 6.45) is -3.43. The highest BCUT2D eigenvalue weighted by atomic mass is 35.5. The average molecular weight is 236 g/mol. The molecule has 1 aliphatic heterocycles. The van der Waals surface area contributed by atoms with E-state index >= 15 is 0 Å². The number of hydrogen-bond acceptors (Lipinski definition) is 1. The molecule has 1 fully saturated rings. The molecular formula is C10H9ClF3N. The lowest BCUT2D eigenvalue weighted by Gasteiger charge is -2.28. The van der Waals surface area contributed by atoms with Gasteiger partial charge < -0.3 is 5.32 Å². The van der Waals surface area contributed by atoms with Crippen LogP contribution < -0.4 is 5.32 Å². The third-order valence-corrected chi connectivity index (χ3v) is 2.84. The van der Waals surface area contributed by atoms with Gasteiger partial charge in [-0.05, 0) is 30.7 Å². The number of benzene rings is 1. The van der Waals surface area contributed by atoms with E-state index in [0.717, 1.165) is 24.6 Å². The molecule has 5 heteroatoms. The fraction of sp³-hybridized carbons (Fsp3) is 0.400. The lowest BCUT2D eigenvalue weighted by molar-refractivity contribution is -0.137. The largest absolute Gasteiger partial charge is 0.417 e. The summed E-state index contributed by atoms with van der Waals surface area (Å²) in [4.78, 5) is 0. The van der Waals surface area contributed by atoms with Crippen molar-refractivity contribution in [2.45, 2.75) is 18.6 Å². The van der Waals surface area contributed by atoms with Crippen LogP contribution in [0.1, 0.15) is 23.6 Å². The fourth-order valence-electron chi connectivity index (χ4n) is 1.55. The Bertz CT molecular complexity index is 371. The van der Waals surface area contributed by atoms with Gasteiger partial charge in [0.05, 0.1) is 10.6 Å². The zero-order valence-corrected chi connectivity index (χ0v) is 8.49. The first-order chi connectivity index (χ1) is 6.98. The number of nitrogens with one attached hydrogen (secondary N) is 1. The van der Waals surface area contributed by atoms with Crippen LogP contribution in [0.4, 0.5) is 13.2 Å². The lowest BCUT2D eigenvalue weighted by atomic mass is 9.97. The fourth-order valence-corrected chi connectivity index (χ4v) is 1.85. The maximum absolute atomic E-state index is 12.4. The lowest BCUT2D eigenvalue weighted by Crippen LogP contribution is -2.34. The molecule has 0 aliphatic carbocycles. The molecule has 1 heterocycles. The van der Waals surface area contributed by atoms with Gasteiger partial charge in [0, 0.05) is 6.04 Å². The summed E-state index contributed by atoms with van der Waals surface area (Å²) >= 11 is 5.59. The van der Waals surface area contributed by atoms with Gasteiger partial charge >= 0.3 is 6.18 Å². The van der Waals surface area contributed by atoms with Gasteiger partial charge in [0.15, 0.2) is 0 Å². The second-order valence-electron chi connectivity index (χ2n) is 3.53. The van der Waals surface area contributed by atoms with Crippen molar-refractivity contribution in [1.82, 2.24) is 5.32 Å². The van der Waals surface area contributed by atoms with Gasteiger partial charge in [-0.3, -0.25) is 0 Å². The summed E-state index contributed by atoms with van der Waals surface area (Å²) in [7, 11) is 0. The normalized spacial score (nSPS) is 21.2. The Morgan fingerprint density at radius 2 is 2.00 bits per heavy atom. The summed E-state index contributed by atoms with van der Waals surface area (Å²) in [5.74, 6) is 0. The van der Waals surface area contributed by atoms with Crippen molar-refractivity contribution in [3.8, 4) is 0 Å². The van der Waals surface area contributed by atoms with Crippen LogP contribution in [0.15, 0.2) is 18.2 Å². The van der Waals surface area contributed by atoms with E-state index in [1.165, 1.54) is 12.1 Å². The van der Waals surface area contributed by atoms with E-state index in [2.05, 4.69) is 5.32 Å². The molecule has 1 aliphatic rings. The van der Waals surface area contributed by atoms with Crippen LogP contribution in [-0.4, -0.2) is 6.54 Å². The topological polar surface area (TPSA) is 12.0 Å². The molecule has 0 bridgehead atoms. The van der Waals surface area contributed by atoms with Crippen molar-refractivity contribution in [2.75, 3.05) is 6.54 Å². The Morgan fingerprint density at radius 1 is 1.33 bits per heavy atom. The Morgan fingerprint density at radius 3 is 2.40 bits per heavy atom. The third kappa shape index (κ3) is 2.11. The Kier molecular flexibility index (Phi) is 2.64. The molecule has 0 spiro atoms. The molecule has 82 valence electrons. The van der Waals surface area contributed by atoms with E-state index in [1.54, 1.807) is 0 Å². The molecule has 0 saturated carbocycles. The van der Waals surface area contributed by atoms with Gasteiger partial charge in [0.2, 0.25) is 0 Å². The predicted octanol–water partition coefficient (Wildman–Crippen LogP) is 3.39. The highest BCUT2D eigenvalue weighted by Gasteiger charge is 2.33. The molecule has 1 saturated heterocycles. The standard InChI is InChI=1S/C10H9ClF3N/c11-8-5-6(9-3-4-15-9)1-2-7(8)10(12,13)14/h1-2,5,9,15H,3-4H2/t9-/m0/s1. The SMILES string of the molecule is FC(F)(F)c1ccc([C@@H]2CCN2)cc1Cl. The minimum absolute atomic E-state index is 0.157. The van der Waals surface area contributed by atoms with E-state index in [9.17, 15) is 13.2 Å². The van der Waals surface area contributed by atoms with Gasteiger partial charge in [-0.1, -0.05) is 17.7 Å². The van der Waals surface area contributed by atoms with Crippen molar-refractivity contribution in [1.29, 1.82) is 0 Å². The molecular weight excluding hydrogens is 227 g/mol. The van der Waals surface area contributed by atoms with E-state index in [1.807, 2.05) is 0 Å². The molecule has 0 radical (unpaired) electrons. The Hall–Kier alpha value is -0.740. The maximum atomic E-state index is 12.4. The van der Waals surface area contributed by atoms with Crippen LogP contribution in [0.3, 0.4) is 0 Å². The zero-order valence-electron chi connectivity index (χ0n) is 7.74. The highest BCUT2D eigenvalue weighted by molar-refractivity contribution is 6.31. The molecule has 0 amide bonds.